The van der Waals surface area contributed by atoms with E-state index >= 15 is 0 Å². The number of aryl methyl sites for hydroxylation is 2. The van der Waals surface area contributed by atoms with E-state index < -0.39 is 24.7 Å². The normalized spacial score (nSPS) is 21.6. The number of alkyl halides is 1. The summed E-state index contributed by atoms with van der Waals surface area (Å²) in [5.41, 5.74) is 4.74. The molecule has 10 heteroatoms. The number of carbonyl (C=O) groups excluding carboxylic acids is 2. The Hall–Kier alpha value is -3.53. The van der Waals surface area contributed by atoms with E-state index in [0.29, 0.717) is 53.4 Å². The van der Waals surface area contributed by atoms with Crippen molar-refractivity contribution >= 4 is 22.8 Å². The molecule has 2 aromatic heterocycles. The third-order valence-corrected chi connectivity index (χ3v) is 7.16. The lowest BCUT2D eigenvalue weighted by atomic mass is 9.89. The predicted octanol–water partition coefficient (Wildman–Crippen LogP) is 3.13. The second-order valence-corrected chi connectivity index (χ2v) is 10.2. The van der Waals surface area contributed by atoms with Gasteiger partial charge in [0.2, 0.25) is 5.91 Å². The Balaban J connectivity index is 1.38. The van der Waals surface area contributed by atoms with E-state index in [4.69, 9.17) is 9.84 Å². The molecule has 5 rings (SSSR count). The molecule has 2 aliphatic carbocycles. The molecule has 3 aromatic rings. The number of carbonyl (C=O) groups is 2. The van der Waals surface area contributed by atoms with Gasteiger partial charge in [-0.15, -0.1) is 0 Å². The fraction of sp³-hybridized carbons (Fsp3) is 0.481. The van der Waals surface area contributed by atoms with Crippen LogP contribution in [0.1, 0.15) is 53.7 Å². The maximum absolute atomic E-state index is 14.7. The van der Waals surface area contributed by atoms with Crippen LogP contribution in [-0.2, 0) is 4.79 Å². The van der Waals surface area contributed by atoms with E-state index in [1.807, 2.05) is 25.1 Å². The summed E-state index contributed by atoms with van der Waals surface area (Å²) in [6, 6.07) is 4.94. The van der Waals surface area contributed by atoms with E-state index in [-0.39, 0.29) is 18.4 Å². The van der Waals surface area contributed by atoms with Crippen LogP contribution in [0.4, 0.5) is 4.39 Å². The predicted molar refractivity (Wildman–Crippen MR) is 136 cm³/mol. The third-order valence-electron chi connectivity index (χ3n) is 7.16. The molecule has 2 saturated carbocycles. The van der Waals surface area contributed by atoms with E-state index in [2.05, 4.69) is 25.6 Å². The zero-order valence-corrected chi connectivity index (χ0v) is 21.0. The van der Waals surface area contributed by atoms with Crippen LogP contribution in [0, 0.1) is 19.8 Å². The number of hydrogen-bond donors (Lipinski definition) is 4. The van der Waals surface area contributed by atoms with Gasteiger partial charge >= 0.3 is 0 Å². The van der Waals surface area contributed by atoms with E-state index in [1.165, 1.54) is 19.2 Å². The van der Waals surface area contributed by atoms with Crippen molar-refractivity contribution in [2.75, 3.05) is 13.2 Å². The van der Waals surface area contributed by atoms with Gasteiger partial charge in [0.05, 0.1) is 23.7 Å². The summed E-state index contributed by atoms with van der Waals surface area (Å²) in [6.07, 6.45) is 3.46. The number of aliphatic hydroxyl groups excluding tert-OH is 1. The highest BCUT2D eigenvalue weighted by Gasteiger charge is 2.33. The number of ether oxygens (including phenoxy) is 1. The van der Waals surface area contributed by atoms with E-state index in [1.54, 1.807) is 6.92 Å². The topological polar surface area (TPSA) is 129 Å². The van der Waals surface area contributed by atoms with Crippen molar-refractivity contribution in [3.63, 3.8) is 0 Å². The molecule has 4 N–H and O–H groups in total. The summed E-state index contributed by atoms with van der Waals surface area (Å²) >= 11 is 0. The second kappa shape index (κ2) is 10.5. The number of aromatic nitrogens is 3. The Morgan fingerprint density at radius 2 is 1.97 bits per heavy atom. The summed E-state index contributed by atoms with van der Waals surface area (Å²) < 4.78 is 20.8. The molecule has 37 heavy (non-hydrogen) atoms. The van der Waals surface area contributed by atoms with Crippen molar-refractivity contribution in [3.8, 4) is 17.0 Å². The number of benzene rings is 1. The number of fused-ring (bicyclic) bond motifs is 1. The van der Waals surface area contributed by atoms with Crippen molar-refractivity contribution in [2.45, 2.75) is 64.2 Å². The zero-order chi connectivity index (χ0) is 26.1. The quantitative estimate of drug-likeness (QED) is 0.369. The van der Waals surface area contributed by atoms with Crippen molar-refractivity contribution < 1.29 is 23.8 Å². The minimum absolute atomic E-state index is 0.0781. The summed E-state index contributed by atoms with van der Waals surface area (Å²) in [4.78, 5) is 37.0. The average Bonchev–Trinajstić information content (AvgIpc) is 3.64. The standard InChI is InChI=1S/C27H32FN5O4/c1-14-3-8-21(37-12-16-4-5-16)18(9-14)24-26-25(30-13-29-24)23(15(2)31-26)27(36)32-17-6-7-20(19(28)10-17)33-22(35)11-34/h3,8-9,13,16-17,19-20,31,34H,4-7,10-12H2,1-2H3,(H,32,36)(H,33,35)/t17-,19+,20+/m0/s1. The Kier molecular flexibility index (Phi) is 7.10. The van der Waals surface area contributed by atoms with Gasteiger partial charge in [-0.2, -0.15) is 0 Å². The van der Waals surface area contributed by atoms with Crippen LogP contribution in [0.5, 0.6) is 5.75 Å². The lowest BCUT2D eigenvalue weighted by Gasteiger charge is -2.32. The van der Waals surface area contributed by atoms with Crippen molar-refractivity contribution in [3.05, 3.63) is 41.3 Å². The van der Waals surface area contributed by atoms with Gasteiger partial charge in [-0.25, -0.2) is 14.4 Å². The Bertz CT molecular complexity index is 1320. The molecule has 1 aromatic carbocycles. The third kappa shape index (κ3) is 5.44. The average molecular weight is 510 g/mol. The molecule has 0 bridgehead atoms. The van der Waals surface area contributed by atoms with Crippen LogP contribution in [-0.4, -0.2) is 63.3 Å². The molecule has 0 saturated heterocycles. The Morgan fingerprint density at radius 1 is 1.16 bits per heavy atom. The van der Waals surface area contributed by atoms with Crippen LogP contribution in [0.25, 0.3) is 22.3 Å². The fourth-order valence-corrected chi connectivity index (χ4v) is 4.97. The SMILES string of the molecule is Cc1ccc(OCC2CC2)c(-c2ncnc3c(C(=O)N[C@H]4CC[C@@H](NC(=O)CO)[C@H](F)C4)c(C)[nH]c23)c1. The van der Waals surface area contributed by atoms with Crippen molar-refractivity contribution in [1.82, 2.24) is 25.6 Å². The molecule has 196 valence electrons. The number of nitrogens with one attached hydrogen (secondary N) is 3. The van der Waals surface area contributed by atoms with Gasteiger partial charge in [0, 0.05) is 23.7 Å². The highest BCUT2D eigenvalue weighted by molar-refractivity contribution is 6.09. The van der Waals surface area contributed by atoms with Gasteiger partial charge in [-0.3, -0.25) is 9.59 Å². The highest BCUT2D eigenvalue weighted by atomic mass is 19.1. The highest BCUT2D eigenvalue weighted by Crippen LogP contribution is 2.37. The van der Waals surface area contributed by atoms with E-state index in [9.17, 15) is 14.0 Å². The maximum atomic E-state index is 14.7. The monoisotopic (exact) mass is 509 g/mol. The molecule has 2 heterocycles. The number of aromatic amines is 1. The number of rotatable bonds is 8. The number of aliphatic hydroxyl groups is 1. The van der Waals surface area contributed by atoms with E-state index in [0.717, 1.165) is 16.9 Å². The minimum atomic E-state index is -1.32. The molecule has 0 radical (unpaired) electrons. The van der Waals surface area contributed by atoms with Gasteiger partial charge in [-0.05, 0) is 57.6 Å². The van der Waals surface area contributed by atoms with Gasteiger partial charge in [0.25, 0.3) is 5.91 Å². The zero-order valence-electron chi connectivity index (χ0n) is 21.0. The first-order valence-corrected chi connectivity index (χ1v) is 12.8. The van der Waals surface area contributed by atoms with Crippen molar-refractivity contribution in [2.24, 2.45) is 5.92 Å². The van der Waals surface area contributed by atoms with Gasteiger partial charge in [-0.1, -0.05) is 11.6 Å². The summed E-state index contributed by atoms with van der Waals surface area (Å²) in [6.45, 7) is 3.81. The van der Waals surface area contributed by atoms with Crippen LogP contribution >= 0.6 is 0 Å². The van der Waals surface area contributed by atoms with Crippen LogP contribution < -0.4 is 15.4 Å². The lowest BCUT2D eigenvalue weighted by Crippen LogP contribution is -2.50. The number of halogens is 1. The molecular formula is C27H32FN5O4. The smallest absolute Gasteiger partial charge is 0.255 e. The minimum Gasteiger partial charge on any atom is -0.493 e. The first kappa shape index (κ1) is 25.1. The Morgan fingerprint density at radius 3 is 2.70 bits per heavy atom. The number of hydrogen-bond acceptors (Lipinski definition) is 6. The van der Waals surface area contributed by atoms with Crippen molar-refractivity contribution in [1.29, 1.82) is 0 Å². The molecular weight excluding hydrogens is 477 g/mol. The van der Waals surface area contributed by atoms with Gasteiger partial charge in [0.1, 0.15) is 36.1 Å². The van der Waals surface area contributed by atoms with Crippen LogP contribution in [0.3, 0.4) is 0 Å². The second-order valence-electron chi connectivity index (χ2n) is 10.2. The van der Waals surface area contributed by atoms with Crippen LogP contribution in [0.15, 0.2) is 24.5 Å². The summed E-state index contributed by atoms with van der Waals surface area (Å²) in [5.74, 6) is 0.412. The number of nitrogens with zero attached hydrogens (tertiary/aromatic N) is 2. The molecule has 0 spiro atoms. The molecule has 9 nitrogen and oxygen atoms in total. The first-order chi connectivity index (χ1) is 17.8. The largest absolute Gasteiger partial charge is 0.493 e. The Labute approximate surface area is 214 Å². The molecule has 2 amide bonds. The fourth-order valence-electron chi connectivity index (χ4n) is 4.97. The first-order valence-electron chi connectivity index (χ1n) is 12.8. The molecule has 2 fully saturated rings. The molecule has 2 aliphatic rings. The summed E-state index contributed by atoms with van der Waals surface area (Å²) in [7, 11) is 0. The molecule has 0 unspecified atom stereocenters. The molecule has 3 atom stereocenters. The van der Waals surface area contributed by atoms with Gasteiger partial charge in [0.15, 0.2) is 0 Å². The maximum Gasteiger partial charge on any atom is 0.255 e. The number of amides is 2. The number of H-pyrrole nitrogens is 1. The van der Waals surface area contributed by atoms with Crippen LogP contribution in [0.2, 0.25) is 0 Å². The lowest BCUT2D eigenvalue weighted by molar-refractivity contribution is -0.125. The van der Waals surface area contributed by atoms with Gasteiger partial charge < -0.3 is 25.5 Å². The summed E-state index contributed by atoms with van der Waals surface area (Å²) in [5, 5.41) is 14.3. The molecule has 0 aliphatic heterocycles.